The van der Waals surface area contributed by atoms with E-state index < -0.39 is 11.7 Å². The predicted molar refractivity (Wildman–Crippen MR) is 93.6 cm³/mol. The lowest BCUT2D eigenvalue weighted by molar-refractivity contribution is -0.137. The van der Waals surface area contributed by atoms with Crippen LogP contribution < -0.4 is 0 Å². The van der Waals surface area contributed by atoms with Crippen LogP contribution in [0.4, 0.5) is 13.2 Å². The fraction of sp³-hybridized carbons (Fsp3) is 0.316. The summed E-state index contributed by atoms with van der Waals surface area (Å²) in [4.78, 5) is 13.5. The van der Waals surface area contributed by atoms with Gasteiger partial charge in [-0.05, 0) is 30.9 Å². The highest BCUT2D eigenvalue weighted by Gasteiger charge is 2.31. The van der Waals surface area contributed by atoms with Crippen LogP contribution in [-0.2, 0) is 6.18 Å². The highest BCUT2D eigenvalue weighted by Crippen LogP contribution is 2.42. The maximum absolute atomic E-state index is 13.1. The first-order valence-corrected chi connectivity index (χ1v) is 9.26. The minimum Gasteiger partial charge on any atom is -0.244 e. The molecule has 0 N–H and O–H groups in total. The summed E-state index contributed by atoms with van der Waals surface area (Å²) in [5.41, 5.74) is 3.70. The number of aromatic nitrogens is 3. The van der Waals surface area contributed by atoms with Gasteiger partial charge in [-0.2, -0.15) is 13.2 Å². The normalized spacial score (nSPS) is 15.5. The van der Waals surface area contributed by atoms with Crippen molar-refractivity contribution in [2.45, 2.75) is 37.8 Å². The second-order valence-corrected chi connectivity index (χ2v) is 7.22. The molecule has 4 rings (SSSR count). The van der Waals surface area contributed by atoms with Crippen molar-refractivity contribution in [2.24, 2.45) is 0 Å². The fourth-order valence-electron chi connectivity index (χ4n) is 3.48. The molecule has 26 heavy (non-hydrogen) atoms. The molecule has 0 amide bonds. The second-order valence-electron chi connectivity index (χ2n) is 6.36. The van der Waals surface area contributed by atoms with E-state index in [0.717, 1.165) is 41.1 Å². The van der Waals surface area contributed by atoms with Crippen molar-refractivity contribution in [1.82, 2.24) is 15.0 Å². The molecule has 2 aromatic heterocycles. The molecular formula is C19H15F3N3S. The van der Waals surface area contributed by atoms with Crippen molar-refractivity contribution in [3.05, 3.63) is 53.4 Å². The summed E-state index contributed by atoms with van der Waals surface area (Å²) < 4.78 is 39.2. The Kier molecular flexibility index (Phi) is 4.48. The zero-order chi connectivity index (χ0) is 18.1. The highest BCUT2D eigenvalue weighted by molar-refractivity contribution is 7.13. The highest BCUT2D eigenvalue weighted by atomic mass is 32.1. The van der Waals surface area contributed by atoms with E-state index in [1.165, 1.54) is 30.2 Å². The van der Waals surface area contributed by atoms with Crippen LogP contribution in [0.5, 0.6) is 0 Å². The zero-order valence-corrected chi connectivity index (χ0v) is 14.6. The summed E-state index contributed by atoms with van der Waals surface area (Å²) in [5, 5.41) is 0. The summed E-state index contributed by atoms with van der Waals surface area (Å²) in [7, 11) is 0. The summed E-state index contributed by atoms with van der Waals surface area (Å²) in [5.74, 6) is 0.385. The van der Waals surface area contributed by atoms with Crippen LogP contribution in [0.1, 0.15) is 42.7 Å². The van der Waals surface area contributed by atoms with Crippen molar-refractivity contribution in [3.63, 3.8) is 0 Å². The number of halogens is 3. The molecule has 1 fully saturated rings. The minimum atomic E-state index is -4.39. The number of nitrogens with zero attached hydrogens (tertiary/aromatic N) is 3. The van der Waals surface area contributed by atoms with E-state index in [2.05, 4.69) is 21.3 Å². The van der Waals surface area contributed by atoms with Gasteiger partial charge in [-0.25, -0.2) is 15.0 Å². The molecule has 133 valence electrons. The Labute approximate surface area is 153 Å². The Morgan fingerprint density at radius 2 is 1.92 bits per heavy atom. The Bertz CT molecular complexity index is 914. The van der Waals surface area contributed by atoms with Gasteiger partial charge in [0.05, 0.1) is 27.3 Å². The van der Waals surface area contributed by atoms with Gasteiger partial charge in [-0.15, -0.1) is 11.3 Å². The molecule has 1 saturated carbocycles. The number of hydrogen-bond acceptors (Lipinski definition) is 4. The maximum Gasteiger partial charge on any atom is 0.416 e. The van der Waals surface area contributed by atoms with Crippen LogP contribution in [0, 0.1) is 6.33 Å². The minimum absolute atomic E-state index is 0.385. The summed E-state index contributed by atoms with van der Waals surface area (Å²) in [6, 6.07) is 5.26. The van der Waals surface area contributed by atoms with Crippen molar-refractivity contribution in [2.75, 3.05) is 0 Å². The van der Waals surface area contributed by atoms with Crippen LogP contribution in [0.15, 0.2) is 36.0 Å². The molecule has 0 spiro atoms. The van der Waals surface area contributed by atoms with E-state index in [4.69, 9.17) is 0 Å². The molecule has 0 bridgehead atoms. The summed E-state index contributed by atoms with van der Waals surface area (Å²) in [6.45, 7) is 0. The lowest BCUT2D eigenvalue weighted by Crippen LogP contribution is -2.04. The monoisotopic (exact) mass is 374 g/mol. The van der Waals surface area contributed by atoms with Crippen molar-refractivity contribution in [1.29, 1.82) is 0 Å². The molecular weight excluding hydrogens is 359 g/mol. The molecule has 0 unspecified atom stereocenters. The van der Waals surface area contributed by atoms with Crippen LogP contribution >= 0.6 is 11.3 Å². The predicted octanol–water partition coefficient (Wildman–Crippen LogP) is 5.74. The third-order valence-electron chi connectivity index (χ3n) is 4.74. The number of hydrogen-bond donors (Lipinski definition) is 0. The first kappa shape index (κ1) is 17.1. The molecule has 0 atom stereocenters. The molecule has 3 aromatic rings. The largest absolute Gasteiger partial charge is 0.416 e. The molecule has 1 aromatic carbocycles. The molecule has 0 saturated heterocycles. The Hall–Kier alpha value is -2.28. The first-order chi connectivity index (χ1) is 12.5. The van der Waals surface area contributed by atoms with Gasteiger partial charge in [0.25, 0.3) is 0 Å². The van der Waals surface area contributed by atoms with E-state index >= 15 is 0 Å². The third kappa shape index (κ3) is 3.23. The molecule has 1 aliphatic rings. The van der Waals surface area contributed by atoms with Crippen molar-refractivity contribution in [3.8, 4) is 21.8 Å². The fourth-order valence-corrected chi connectivity index (χ4v) is 4.30. The average Bonchev–Trinajstić information content (AvgIpc) is 3.33. The summed E-state index contributed by atoms with van der Waals surface area (Å²) >= 11 is 1.38. The Morgan fingerprint density at radius 3 is 2.69 bits per heavy atom. The lowest BCUT2D eigenvalue weighted by Gasteiger charge is -2.13. The van der Waals surface area contributed by atoms with Crippen LogP contribution in [0.25, 0.3) is 21.8 Å². The third-order valence-corrected chi connectivity index (χ3v) is 5.57. The topological polar surface area (TPSA) is 38.7 Å². The van der Waals surface area contributed by atoms with E-state index in [1.54, 1.807) is 17.8 Å². The molecule has 2 heterocycles. The van der Waals surface area contributed by atoms with E-state index in [9.17, 15) is 13.2 Å². The number of rotatable bonds is 3. The van der Waals surface area contributed by atoms with Gasteiger partial charge in [-0.1, -0.05) is 25.0 Å². The second kappa shape index (κ2) is 6.79. The molecule has 3 nitrogen and oxygen atoms in total. The van der Waals surface area contributed by atoms with Gasteiger partial charge in [0, 0.05) is 17.3 Å². The molecule has 0 aliphatic heterocycles. The Balaban J connectivity index is 1.80. The summed E-state index contributed by atoms with van der Waals surface area (Å²) in [6.07, 6.45) is 4.53. The number of benzene rings is 1. The van der Waals surface area contributed by atoms with Crippen LogP contribution in [-0.4, -0.2) is 15.0 Å². The van der Waals surface area contributed by atoms with Gasteiger partial charge in [0.2, 0.25) is 0 Å². The molecule has 1 radical (unpaired) electrons. The van der Waals surface area contributed by atoms with Gasteiger partial charge >= 0.3 is 6.18 Å². The number of alkyl halides is 3. The molecule has 1 aliphatic carbocycles. The number of thiazole rings is 1. The standard InChI is InChI=1S/C19H15F3N3S/c20-19(21,22)14-7-3-6-13(8-14)16-18(26-11-25-16)17-15(9-23-10-24-17)12-4-1-2-5-12/h3,6-9,11-12H,1-2,4-5H2. The van der Waals surface area contributed by atoms with Crippen molar-refractivity contribution >= 4 is 11.3 Å². The Morgan fingerprint density at radius 1 is 1.12 bits per heavy atom. The lowest BCUT2D eigenvalue weighted by atomic mass is 9.95. The first-order valence-electron chi connectivity index (χ1n) is 8.38. The van der Waals surface area contributed by atoms with E-state index in [-0.39, 0.29) is 0 Å². The van der Waals surface area contributed by atoms with E-state index in [0.29, 0.717) is 17.2 Å². The van der Waals surface area contributed by atoms with Gasteiger partial charge in [-0.3, -0.25) is 0 Å². The van der Waals surface area contributed by atoms with Crippen LogP contribution in [0.3, 0.4) is 0 Å². The van der Waals surface area contributed by atoms with Gasteiger partial charge in [0.15, 0.2) is 6.33 Å². The van der Waals surface area contributed by atoms with Crippen LogP contribution in [0.2, 0.25) is 0 Å². The average molecular weight is 374 g/mol. The van der Waals surface area contributed by atoms with Crippen molar-refractivity contribution < 1.29 is 13.2 Å². The van der Waals surface area contributed by atoms with Gasteiger partial charge < -0.3 is 0 Å². The molecule has 7 heteroatoms. The smallest absolute Gasteiger partial charge is 0.244 e. The maximum atomic E-state index is 13.1. The zero-order valence-electron chi connectivity index (χ0n) is 13.8. The quantitative estimate of drug-likeness (QED) is 0.586. The van der Waals surface area contributed by atoms with Gasteiger partial charge in [0.1, 0.15) is 0 Å². The SMILES string of the molecule is FC(F)(F)c1cccc(-c2ncsc2-c2n[c]ncc2C2CCCC2)c1. The van der Waals surface area contributed by atoms with E-state index in [1.807, 2.05) is 0 Å².